The van der Waals surface area contributed by atoms with E-state index < -0.39 is 0 Å². The van der Waals surface area contributed by atoms with Crippen molar-refractivity contribution in [3.8, 4) is 0 Å². The first-order valence-corrected chi connectivity index (χ1v) is 7.79. The first-order chi connectivity index (χ1) is 9.38. The molecule has 0 aliphatic carbocycles. The van der Waals surface area contributed by atoms with E-state index in [-0.39, 0.29) is 0 Å². The highest BCUT2D eigenvalue weighted by molar-refractivity contribution is 7.10. The third-order valence-corrected chi connectivity index (χ3v) is 4.59. The Bertz CT molecular complexity index is 507. The van der Waals surface area contributed by atoms with Crippen LogP contribution in [0.25, 0.3) is 0 Å². The van der Waals surface area contributed by atoms with Crippen LogP contribution in [-0.2, 0) is 13.1 Å². The monoisotopic (exact) mass is 277 g/mol. The Morgan fingerprint density at radius 2 is 2.42 bits per heavy atom. The van der Waals surface area contributed by atoms with Crippen molar-refractivity contribution in [1.82, 2.24) is 25.1 Å². The molecule has 2 aromatic heterocycles. The molecule has 0 spiro atoms. The number of nitrogens with zero attached hydrogens (tertiary/aromatic N) is 5. The average molecular weight is 277 g/mol. The van der Waals surface area contributed by atoms with Crippen LogP contribution in [0.4, 0.5) is 0 Å². The van der Waals surface area contributed by atoms with Crippen LogP contribution in [-0.4, -0.2) is 31.7 Å². The standard InChI is InChI=1S/C13H19N5S/c1-2-7-18-13(14-15-16-18)10-17-8-3-5-11(17)12-6-4-9-19-12/h4,6,9,11H,2-3,5,7-8,10H2,1H3/t11-/m0/s1. The fourth-order valence-electron chi connectivity index (χ4n) is 2.72. The molecule has 3 rings (SSSR count). The Labute approximate surface area is 117 Å². The molecule has 1 fully saturated rings. The molecular formula is C13H19N5S. The zero-order valence-corrected chi connectivity index (χ0v) is 12.0. The summed E-state index contributed by atoms with van der Waals surface area (Å²) < 4.78 is 1.93. The number of thiophene rings is 1. The SMILES string of the molecule is CCCn1nnnc1CN1CCC[C@H]1c1cccs1. The normalized spacial score (nSPS) is 20.2. The van der Waals surface area contributed by atoms with Gasteiger partial charge in [0.2, 0.25) is 0 Å². The first-order valence-electron chi connectivity index (χ1n) is 6.91. The molecule has 0 radical (unpaired) electrons. The summed E-state index contributed by atoms with van der Waals surface area (Å²) in [7, 11) is 0. The van der Waals surface area contributed by atoms with Crippen molar-refractivity contribution in [3.63, 3.8) is 0 Å². The van der Waals surface area contributed by atoms with E-state index in [4.69, 9.17) is 0 Å². The van der Waals surface area contributed by atoms with Gasteiger partial charge in [-0.05, 0) is 47.7 Å². The maximum absolute atomic E-state index is 4.18. The van der Waals surface area contributed by atoms with Gasteiger partial charge in [0.1, 0.15) is 0 Å². The Kier molecular flexibility index (Phi) is 3.89. The molecule has 1 atom stereocenters. The van der Waals surface area contributed by atoms with Gasteiger partial charge in [0.05, 0.1) is 6.54 Å². The number of hydrogen-bond acceptors (Lipinski definition) is 5. The maximum atomic E-state index is 4.18. The summed E-state index contributed by atoms with van der Waals surface area (Å²) >= 11 is 1.85. The van der Waals surface area contributed by atoms with Crippen molar-refractivity contribution in [2.75, 3.05) is 6.54 Å². The largest absolute Gasteiger partial charge is 0.288 e. The lowest BCUT2D eigenvalue weighted by Crippen LogP contribution is -2.24. The molecular weight excluding hydrogens is 258 g/mol. The zero-order chi connectivity index (χ0) is 13.1. The molecule has 0 unspecified atom stereocenters. The molecule has 3 heterocycles. The van der Waals surface area contributed by atoms with Crippen LogP contribution < -0.4 is 0 Å². The molecule has 1 aliphatic rings. The third-order valence-electron chi connectivity index (χ3n) is 3.62. The predicted molar refractivity (Wildman–Crippen MR) is 74.8 cm³/mol. The maximum Gasteiger partial charge on any atom is 0.165 e. The van der Waals surface area contributed by atoms with Crippen LogP contribution in [0.1, 0.15) is 42.9 Å². The van der Waals surface area contributed by atoms with Gasteiger partial charge in [0.15, 0.2) is 5.82 Å². The fourth-order valence-corrected chi connectivity index (χ4v) is 3.62. The van der Waals surface area contributed by atoms with Gasteiger partial charge in [-0.25, -0.2) is 4.68 Å². The van der Waals surface area contributed by atoms with Gasteiger partial charge in [0, 0.05) is 17.5 Å². The second kappa shape index (κ2) is 5.79. The van der Waals surface area contributed by atoms with Crippen LogP contribution in [0.5, 0.6) is 0 Å². The van der Waals surface area contributed by atoms with Gasteiger partial charge in [0.25, 0.3) is 0 Å². The summed E-state index contributed by atoms with van der Waals surface area (Å²) in [5.74, 6) is 0.991. The van der Waals surface area contributed by atoms with Gasteiger partial charge < -0.3 is 0 Å². The van der Waals surface area contributed by atoms with E-state index >= 15 is 0 Å². The van der Waals surface area contributed by atoms with Crippen LogP contribution in [0, 0.1) is 0 Å². The van der Waals surface area contributed by atoms with Crippen molar-refractivity contribution >= 4 is 11.3 Å². The molecule has 1 aliphatic heterocycles. The average Bonchev–Trinajstić information content (AvgIpc) is 3.12. The molecule has 0 amide bonds. The Hall–Kier alpha value is -1.27. The van der Waals surface area contributed by atoms with Crippen molar-refractivity contribution in [2.24, 2.45) is 0 Å². The Morgan fingerprint density at radius 1 is 1.47 bits per heavy atom. The summed E-state index contributed by atoms with van der Waals surface area (Å²) in [5.41, 5.74) is 0. The number of rotatable bonds is 5. The topological polar surface area (TPSA) is 46.8 Å². The minimum absolute atomic E-state index is 0.548. The molecule has 1 saturated heterocycles. The van der Waals surface area contributed by atoms with Gasteiger partial charge in [-0.2, -0.15) is 0 Å². The Morgan fingerprint density at radius 3 is 3.21 bits per heavy atom. The van der Waals surface area contributed by atoms with E-state index in [0.717, 1.165) is 31.9 Å². The van der Waals surface area contributed by atoms with Crippen LogP contribution in [0.3, 0.4) is 0 Å². The Balaban J connectivity index is 1.73. The molecule has 19 heavy (non-hydrogen) atoms. The van der Waals surface area contributed by atoms with E-state index in [9.17, 15) is 0 Å². The van der Waals surface area contributed by atoms with E-state index in [1.807, 2.05) is 16.0 Å². The van der Waals surface area contributed by atoms with Crippen molar-refractivity contribution in [3.05, 3.63) is 28.2 Å². The lowest BCUT2D eigenvalue weighted by Gasteiger charge is -2.22. The highest BCUT2D eigenvalue weighted by Gasteiger charge is 2.27. The number of aromatic nitrogens is 4. The first kappa shape index (κ1) is 12.7. The molecule has 6 heteroatoms. The highest BCUT2D eigenvalue weighted by atomic mass is 32.1. The van der Waals surface area contributed by atoms with Crippen molar-refractivity contribution in [1.29, 1.82) is 0 Å². The zero-order valence-electron chi connectivity index (χ0n) is 11.2. The number of hydrogen-bond donors (Lipinski definition) is 0. The van der Waals surface area contributed by atoms with E-state index in [0.29, 0.717) is 6.04 Å². The van der Waals surface area contributed by atoms with E-state index in [1.54, 1.807) is 0 Å². The molecule has 0 aromatic carbocycles. The fraction of sp³-hybridized carbons (Fsp3) is 0.615. The van der Waals surface area contributed by atoms with Gasteiger partial charge in [-0.15, -0.1) is 16.4 Å². The van der Waals surface area contributed by atoms with Crippen LogP contribution in [0.15, 0.2) is 17.5 Å². The summed E-state index contributed by atoms with van der Waals surface area (Å²) in [6.07, 6.45) is 3.57. The number of tetrazole rings is 1. The summed E-state index contributed by atoms with van der Waals surface area (Å²) in [6.45, 7) is 5.05. The van der Waals surface area contributed by atoms with E-state index in [1.165, 1.54) is 17.7 Å². The second-order valence-corrected chi connectivity index (χ2v) is 5.94. The lowest BCUT2D eigenvalue weighted by atomic mass is 10.2. The molecule has 0 bridgehead atoms. The predicted octanol–water partition coefficient (Wildman–Crippen LogP) is 2.48. The van der Waals surface area contributed by atoms with Crippen molar-refractivity contribution in [2.45, 2.75) is 45.3 Å². The highest BCUT2D eigenvalue weighted by Crippen LogP contribution is 2.35. The van der Waals surface area contributed by atoms with Gasteiger partial charge in [-0.1, -0.05) is 13.0 Å². The quantitative estimate of drug-likeness (QED) is 0.842. The second-order valence-electron chi connectivity index (χ2n) is 4.96. The minimum Gasteiger partial charge on any atom is -0.288 e. The van der Waals surface area contributed by atoms with Gasteiger partial charge in [-0.3, -0.25) is 4.90 Å². The number of aryl methyl sites for hydroxylation is 1. The van der Waals surface area contributed by atoms with Gasteiger partial charge >= 0.3 is 0 Å². The molecule has 0 N–H and O–H groups in total. The minimum atomic E-state index is 0.548. The summed E-state index contributed by atoms with van der Waals surface area (Å²) in [4.78, 5) is 3.97. The number of likely N-dealkylation sites (tertiary alicyclic amines) is 1. The van der Waals surface area contributed by atoms with E-state index in [2.05, 4.69) is 44.9 Å². The molecule has 5 nitrogen and oxygen atoms in total. The summed E-state index contributed by atoms with van der Waals surface area (Å²) in [5, 5.41) is 14.2. The summed E-state index contributed by atoms with van der Waals surface area (Å²) in [6, 6.07) is 4.92. The molecule has 0 saturated carbocycles. The lowest BCUT2D eigenvalue weighted by molar-refractivity contribution is 0.240. The van der Waals surface area contributed by atoms with Crippen LogP contribution in [0.2, 0.25) is 0 Å². The van der Waals surface area contributed by atoms with Crippen LogP contribution >= 0.6 is 11.3 Å². The molecule has 2 aromatic rings. The van der Waals surface area contributed by atoms with Crippen molar-refractivity contribution < 1.29 is 0 Å². The molecule has 102 valence electrons. The third kappa shape index (κ3) is 2.69. The smallest absolute Gasteiger partial charge is 0.165 e.